The number of benzene rings is 1. The lowest BCUT2D eigenvalue weighted by Crippen LogP contribution is -2.52. The van der Waals surface area contributed by atoms with E-state index in [-0.39, 0.29) is 18.4 Å². The minimum absolute atomic E-state index is 0.0456. The molecule has 0 radical (unpaired) electrons. The number of likely N-dealkylation sites (N-methyl/N-ethyl adjacent to an activating group) is 1. The SMILES string of the molecule is Cc1ccc(C(N)C(=O)N2CCN(C)C(=O)C2)cc1. The second-order valence-corrected chi connectivity index (χ2v) is 4.96. The summed E-state index contributed by atoms with van der Waals surface area (Å²) in [5.41, 5.74) is 7.89. The number of carbonyl (C=O) groups is 2. The first-order chi connectivity index (χ1) is 8.99. The van der Waals surface area contributed by atoms with Gasteiger partial charge in [0.15, 0.2) is 0 Å². The average molecular weight is 261 g/mol. The van der Waals surface area contributed by atoms with Crippen molar-refractivity contribution in [1.82, 2.24) is 9.80 Å². The van der Waals surface area contributed by atoms with Crippen LogP contribution in [0.5, 0.6) is 0 Å². The number of carbonyl (C=O) groups excluding carboxylic acids is 2. The van der Waals surface area contributed by atoms with E-state index in [4.69, 9.17) is 5.73 Å². The van der Waals surface area contributed by atoms with Crippen molar-refractivity contribution in [3.8, 4) is 0 Å². The summed E-state index contributed by atoms with van der Waals surface area (Å²) in [7, 11) is 1.74. The molecule has 1 unspecified atom stereocenters. The van der Waals surface area contributed by atoms with E-state index >= 15 is 0 Å². The monoisotopic (exact) mass is 261 g/mol. The van der Waals surface area contributed by atoms with E-state index in [0.29, 0.717) is 13.1 Å². The highest BCUT2D eigenvalue weighted by atomic mass is 16.2. The quantitative estimate of drug-likeness (QED) is 0.832. The topological polar surface area (TPSA) is 66.6 Å². The molecule has 2 amide bonds. The van der Waals surface area contributed by atoms with Crippen molar-refractivity contribution in [2.45, 2.75) is 13.0 Å². The molecule has 5 heteroatoms. The molecule has 102 valence electrons. The third-order valence-electron chi connectivity index (χ3n) is 3.47. The molecule has 0 aromatic heterocycles. The van der Waals surface area contributed by atoms with Crippen LogP contribution in [0.25, 0.3) is 0 Å². The van der Waals surface area contributed by atoms with E-state index in [9.17, 15) is 9.59 Å². The molecule has 1 saturated heterocycles. The van der Waals surface area contributed by atoms with Crippen molar-refractivity contribution < 1.29 is 9.59 Å². The summed E-state index contributed by atoms with van der Waals surface area (Å²) in [4.78, 5) is 27.0. The molecule has 0 saturated carbocycles. The van der Waals surface area contributed by atoms with Gasteiger partial charge in [-0.2, -0.15) is 0 Å². The van der Waals surface area contributed by atoms with Crippen molar-refractivity contribution in [3.05, 3.63) is 35.4 Å². The maximum Gasteiger partial charge on any atom is 0.244 e. The molecule has 1 heterocycles. The molecular formula is C14H19N3O2. The van der Waals surface area contributed by atoms with Gasteiger partial charge in [-0.3, -0.25) is 9.59 Å². The Kier molecular flexibility index (Phi) is 3.85. The van der Waals surface area contributed by atoms with Crippen LogP contribution in [0.1, 0.15) is 17.2 Å². The number of nitrogens with zero attached hydrogens (tertiary/aromatic N) is 2. The van der Waals surface area contributed by atoms with Crippen LogP contribution >= 0.6 is 0 Å². The predicted molar refractivity (Wildman–Crippen MR) is 72.3 cm³/mol. The Labute approximate surface area is 113 Å². The van der Waals surface area contributed by atoms with Crippen LogP contribution in [-0.2, 0) is 9.59 Å². The Morgan fingerprint density at radius 1 is 1.26 bits per heavy atom. The number of nitrogens with two attached hydrogens (primary N) is 1. The van der Waals surface area contributed by atoms with Crippen LogP contribution in [0.2, 0.25) is 0 Å². The van der Waals surface area contributed by atoms with E-state index in [1.807, 2.05) is 31.2 Å². The van der Waals surface area contributed by atoms with Gasteiger partial charge in [-0.15, -0.1) is 0 Å². The maximum atomic E-state index is 12.3. The molecule has 0 spiro atoms. The van der Waals surface area contributed by atoms with Crippen molar-refractivity contribution in [1.29, 1.82) is 0 Å². The second-order valence-electron chi connectivity index (χ2n) is 4.96. The average Bonchev–Trinajstić information content (AvgIpc) is 2.41. The second kappa shape index (κ2) is 5.40. The van der Waals surface area contributed by atoms with Gasteiger partial charge < -0.3 is 15.5 Å². The van der Waals surface area contributed by atoms with Crippen molar-refractivity contribution in [3.63, 3.8) is 0 Å². The van der Waals surface area contributed by atoms with E-state index in [0.717, 1.165) is 11.1 Å². The Bertz CT molecular complexity index is 484. The summed E-state index contributed by atoms with van der Waals surface area (Å²) in [6.07, 6.45) is 0. The highest BCUT2D eigenvalue weighted by Gasteiger charge is 2.28. The van der Waals surface area contributed by atoms with E-state index in [1.165, 1.54) is 4.90 Å². The van der Waals surface area contributed by atoms with E-state index in [2.05, 4.69) is 0 Å². The van der Waals surface area contributed by atoms with Gasteiger partial charge in [0, 0.05) is 20.1 Å². The zero-order valence-corrected chi connectivity index (χ0v) is 11.3. The third-order valence-corrected chi connectivity index (χ3v) is 3.47. The lowest BCUT2D eigenvalue weighted by molar-refractivity contribution is -0.145. The highest BCUT2D eigenvalue weighted by Crippen LogP contribution is 2.15. The summed E-state index contributed by atoms with van der Waals surface area (Å²) in [6.45, 7) is 3.21. The smallest absolute Gasteiger partial charge is 0.244 e. The minimum atomic E-state index is -0.697. The molecular weight excluding hydrogens is 242 g/mol. The van der Waals surface area contributed by atoms with Gasteiger partial charge in [-0.1, -0.05) is 29.8 Å². The van der Waals surface area contributed by atoms with Crippen LogP contribution in [0.15, 0.2) is 24.3 Å². The number of rotatable bonds is 2. The molecule has 0 bridgehead atoms. The fraction of sp³-hybridized carbons (Fsp3) is 0.429. The number of hydrogen-bond donors (Lipinski definition) is 1. The van der Waals surface area contributed by atoms with Gasteiger partial charge in [-0.05, 0) is 12.5 Å². The molecule has 2 rings (SSSR count). The van der Waals surface area contributed by atoms with Crippen LogP contribution in [0.3, 0.4) is 0 Å². The molecule has 1 atom stereocenters. The van der Waals surface area contributed by atoms with Crippen LogP contribution in [-0.4, -0.2) is 48.3 Å². The van der Waals surface area contributed by atoms with Gasteiger partial charge in [0.05, 0.1) is 6.54 Å². The number of piperazine rings is 1. The molecule has 1 aromatic carbocycles. The lowest BCUT2D eigenvalue weighted by Gasteiger charge is -2.33. The first-order valence-corrected chi connectivity index (χ1v) is 6.34. The molecule has 5 nitrogen and oxygen atoms in total. The standard InChI is InChI=1S/C14H19N3O2/c1-10-3-5-11(6-4-10)13(15)14(19)17-8-7-16(2)12(18)9-17/h3-6,13H,7-9,15H2,1-2H3. The van der Waals surface area contributed by atoms with E-state index in [1.54, 1.807) is 11.9 Å². The van der Waals surface area contributed by atoms with Gasteiger partial charge in [0.1, 0.15) is 6.04 Å². The van der Waals surface area contributed by atoms with Gasteiger partial charge in [-0.25, -0.2) is 0 Å². The normalized spacial score (nSPS) is 17.5. The highest BCUT2D eigenvalue weighted by molar-refractivity contribution is 5.89. The molecule has 1 fully saturated rings. The zero-order valence-electron chi connectivity index (χ0n) is 11.3. The minimum Gasteiger partial charge on any atom is -0.342 e. The zero-order chi connectivity index (χ0) is 14.0. The molecule has 0 aliphatic carbocycles. The fourth-order valence-corrected chi connectivity index (χ4v) is 2.06. The Morgan fingerprint density at radius 2 is 1.89 bits per heavy atom. The first-order valence-electron chi connectivity index (χ1n) is 6.34. The van der Waals surface area contributed by atoms with E-state index < -0.39 is 6.04 Å². The Hall–Kier alpha value is -1.88. The summed E-state index contributed by atoms with van der Waals surface area (Å²) in [6, 6.07) is 6.87. The molecule has 1 aromatic rings. The van der Waals surface area contributed by atoms with Crippen molar-refractivity contribution in [2.24, 2.45) is 5.73 Å². The molecule has 1 aliphatic rings. The van der Waals surface area contributed by atoms with Crippen LogP contribution in [0, 0.1) is 6.92 Å². The third kappa shape index (κ3) is 2.93. The molecule has 19 heavy (non-hydrogen) atoms. The summed E-state index contributed by atoms with van der Waals surface area (Å²) in [5, 5.41) is 0. The van der Waals surface area contributed by atoms with Crippen LogP contribution in [0.4, 0.5) is 0 Å². The maximum absolute atomic E-state index is 12.3. The lowest BCUT2D eigenvalue weighted by atomic mass is 10.0. The molecule has 2 N–H and O–H groups in total. The van der Waals surface area contributed by atoms with Crippen molar-refractivity contribution >= 4 is 11.8 Å². The Morgan fingerprint density at radius 3 is 2.47 bits per heavy atom. The predicted octanol–water partition coefficient (Wildman–Crippen LogP) is 0.295. The summed E-state index contributed by atoms with van der Waals surface area (Å²) in [5.74, 6) is -0.235. The number of hydrogen-bond acceptors (Lipinski definition) is 3. The fourth-order valence-electron chi connectivity index (χ4n) is 2.06. The summed E-state index contributed by atoms with van der Waals surface area (Å²) < 4.78 is 0. The van der Waals surface area contributed by atoms with Crippen molar-refractivity contribution in [2.75, 3.05) is 26.7 Å². The Balaban J connectivity index is 2.07. The molecule has 1 aliphatic heterocycles. The largest absolute Gasteiger partial charge is 0.342 e. The number of amides is 2. The number of aryl methyl sites for hydroxylation is 1. The van der Waals surface area contributed by atoms with Gasteiger partial charge in [0.2, 0.25) is 11.8 Å². The summed E-state index contributed by atoms with van der Waals surface area (Å²) >= 11 is 0. The van der Waals surface area contributed by atoms with Gasteiger partial charge in [0.25, 0.3) is 0 Å². The van der Waals surface area contributed by atoms with Crippen LogP contribution < -0.4 is 5.73 Å². The first kappa shape index (κ1) is 13.5. The van der Waals surface area contributed by atoms with Gasteiger partial charge >= 0.3 is 0 Å².